The van der Waals surface area contributed by atoms with Crippen molar-refractivity contribution in [2.75, 3.05) is 13.2 Å². The molecule has 0 saturated carbocycles. The van der Waals surface area contributed by atoms with Crippen LogP contribution in [-0.4, -0.2) is 52.1 Å². The number of aromatic amines is 1. The van der Waals surface area contributed by atoms with Crippen LogP contribution in [0.5, 0.6) is 5.75 Å². The van der Waals surface area contributed by atoms with Crippen LogP contribution in [0.1, 0.15) is 25.1 Å². The average molecular weight is 563 g/mol. The van der Waals surface area contributed by atoms with Crippen LogP contribution in [0.25, 0.3) is 0 Å². The molecule has 5 atom stereocenters. The highest BCUT2D eigenvalue weighted by molar-refractivity contribution is 7.52. The van der Waals surface area contributed by atoms with Crippen molar-refractivity contribution in [2.24, 2.45) is 0 Å². The number of aromatic nitrogens is 2. The van der Waals surface area contributed by atoms with E-state index in [0.29, 0.717) is 10.8 Å². The molecule has 0 spiro atoms. The highest BCUT2D eigenvalue weighted by atomic mass is 31.2. The first-order chi connectivity index (χ1) is 17.8. The first-order valence-electron chi connectivity index (χ1n) is 11.1. The summed E-state index contributed by atoms with van der Waals surface area (Å²) in [6, 6.07) is 6.62. The molecule has 2 heterocycles. The Bertz CT molecular complexity index is 1300. The summed E-state index contributed by atoms with van der Waals surface area (Å²) < 4.78 is 74.6. The highest BCUT2D eigenvalue weighted by Gasteiger charge is 2.41. The fraction of sp³-hybridized carbons (Fsp3) is 0.409. The third-order valence-electron chi connectivity index (χ3n) is 5.21. The van der Waals surface area contributed by atoms with Crippen LogP contribution in [0.2, 0.25) is 0 Å². The molecular weight excluding hydrogens is 538 g/mol. The van der Waals surface area contributed by atoms with E-state index in [1.807, 2.05) is 0 Å². The lowest BCUT2D eigenvalue weighted by molar-refractivity contribution is -0.144. The SMILES string of the molecule is C=CCOC(=O)[C@H](C)N[P@](=O)(OC[C@@H]1O[C@H](n2cc(C(F)(F)F)c(=O)[nH]c2=O)C[C@H]1O)Oc1ccccc1. The topological polar surface area (TPSA) is 158 Å². The number of ether oxygens (including phenoxy) is 2. The maximum absolute atomic E-state index is 13.5. The van der Waals surface area contributed by atoms with Gasteiger partial charge in [-0.05, 0) is 19.1 Å². The standard InChI is InChI=1S/C22H25F3N3O9P/c1-3-9-34-20(31)13(2)27-38(33,37-14-7-5-4-6-8-14)35-12-17-16(29)10-18(36-17)28-11-15(22(23,24)25)19(30)26-21(28)32/h3-8,11,13,16-18,29H,1,9-10,12H2,2H3,(H,27,33)(H,26,30,32)/t13-,16+,17-,18-,38-/m0/s1. The second kappa shape index (κ2) is 12.1. The number of esters is 1. The molecule has 0 bridgehead atoms. The van der Waals surface area contributed by atoms with Crippen molar-refractivity contribution < 1.29 is 46.2 Å². The van der Waals surface area contributed by atoms with E-state index in [0.717, 1.165) is 0 Å². The van der Waals surface area contributed by atoms with Gasteiger partial charge in [-0.15, -0.1) is 0 Å². The zero-order chi connectivity index (χ0) is 28.1. The van der Waals surface area contributed by atoms with E-state index in [4.69, 9.17) is 18.5 Å². The summed E-state index contributed by atoms with van der Waals surface area (Å²) in [7, 11) is -4.33. The summed E-state index contributed by atoms with van der Waals surface area (Å²) in [6.45, 7) is 4.05. The van der Waals surface area contributed by atoms with Gasteiger partial charge in [0.2, 0.25) is 0 Å². The first kappa shape index (κ1) is 29.3. The van der Waals surface area contributed by atoms with E-state index >= 15 is 0 Å². The van der Waals surface area contributed by atoms with Crippen molar-refractivity contribution in [3.05, 3.63) is 75.6 Å². The maximum atomic E-state index is 13.5. The Balaban J connectivity index is 1.76. The normalized spacial score (nSPS) is 21.9. The van der Waals surface area contributed by atoms with Gasteiger partial charge in [-0.1, -0.05) is 30.9 Å². The van der Waals surface area contributed by atoms with Crippen LogP contribution in [0.4, 0.5) is 13.2 Å². The highest BCUT2D eigenvalue weighted by Crippen LogP contribution is 2.46. The van der Waals surface area contributed by atoms with Crippen molar-refractivity contribution in [1.82, 2.24) is 14.6 Å². The summed E-state index contributed by atoms with van der Waals surface area (Å²) in [5.74, 6) is -0.680. The number of carbonyl (C=O) groups is 1. The maximum Gasteiger partial charge on any atom is 0.459 e. The molecule has 0 amide bonds. The number of halogens is 3. The molecule has 16 heteroatoms. The Morgan fingerprint density at radius 3 is 2.68 bits per heavy atom. The number of H-pyrrole nitrogens is 1. The van der Waals surface area contributed by atoms with E-state index < -0.39 is 67.8 Å². The van der Waals surface area contributed by atoms with Crippen molar-refractivity contribution in [3.63, 3.8) is 0 Å². The minimum absolute atomic E-state index is 0.0980. The lowest BCUT2D eigenvalue weighted by atomic mass is 10.2. The molecule has 38 heavy (non-hydrogen) atoms. The monoisotopic (exact) mass is 563 g/mol. The number of aliphatic hydroxyl groups excluding tert-OH is 1. The molecule has 0 aliphatic carbocycles. The van der Waals surface area contributed by atoms with E-state index in [-0.39, 0.29) is 18.8 Å². The van der Waals surface area contributed by atoms with Crippen LogP contribution in [0.3, 0.4) is 0 Å². The van der Waals surface area contributed by atoms with Crippen molar-refractivity contribution in [1.29, 1.82) is 0 Å². The van der Waals surface area contributed by atoms with Gasteiger partial charge in [0, 0.05) is 12.6 Å². The minimum Gasteiger partial charge on any atom is -0.460 e. The third-order valence-corrected chi connectivity index (χ3v) is 6.86. The van der Waals surface area contributed by atoms with Gasteiger partial charge in [0.1, 0.15) is 36.3 Å². The van der Waals surface area contributed by atoms with Gasteiger partial charge in [0.15, 0.2) is 0 Å². The van der Waals surface area contributed by atoms with Crippen molar-refractivity contribution >= 4 is 13.7 Å². The van der Waals surface area contributed by atoms with Gasteiger partial charge < -0.3 is 19.1 Å². The van der Waals surface area contributed by atoms with Crippen LogP contribution >= 0.6 is 7.75 Å². The number of para-hydroxylation sites is 1. The molecule has 1 saturated heterocycles. The van der Waals surface area contributed by atoms with E-state index in [9.17, 15) is 37.2 Å². The number of alkyl halides is 3. The molecule has 3 N–H and O–H groups in total. The lowest BCUT2D eigenvalue weighted by Crippen LogP contribution is -2.37. The van der Waals surface area contributed by atoms with E-state index in [1.165, 1.54) is 25.1 Å². The summed E-state index contributed by atoms with van der Waals surface area (Å²) in [4.78, 5) is 37.4. The third kappa shape index (κ3) is 7.42. The molecule has 1 fully saturated rings. The molecule has 2 aromatic rings. The minimum atomic E-state index is -5.04. The van der Waals surface area contributed by atoms with Gasteiger partial charge in [-0.3, -0.25) is 23.7 Å². The smallest absolute Gasteiger partial charge is 0.459 e. The van der Waals surface area contributed by atoms with Crippen molar-refractivity contribution in [3.8, 4) is 5.75 Å². The van der Waals surface area contributed by atoms with Gasteiger partial charge in [-0.2, -0.15) is 18.3 Å². The molecule has 208 valence electrons. The van der Waals surface area contributed by atoms with Crippen LogP contribution < -0.4 is 20.9 Å². The average Bonchev–Trinajstić information content (AvgIpc) is 3.21. The molecule has 1 aliphatic rings. The molecular formula is C22H25F3N3O9P. The number of rotatable bonds is 11. The second-order valence-corrected chi connectivity index (χ2v) is 9.80. The van der Waals surface area contributed by atoms with Crippen LogP contribution in [0, 0.1) is 0 Å². The van der Waals surface area contributed by atoms with Crippen molar-refractivity contribution in [2.45, 2.75) is 44.0 Å². The van der Waals surface area contributed by atoms with E-state index in [1.54, 1.807) is 23.2 Å². The first-order valence-corrected chi connectivity index (χ1v) is 12.7. The largest absolute Gasteiger partial charge is 0.460 e. The summed E-state index contributed by atoms with van der Waals surface area (Å²) >= 11 is 0. The Morgan fingerprint density at radius 2 is 2.05 bits per heavy atom. The molecule has 1 aromatic carbocycles. The molecule has 3 rings (SSSR count). The Morgan fingerprint density at radius 1 is 1.37 bits per heavy atom. The Labute approximate surface area is 213 Å². The van der Waals surface area contributed by atoms with Gasteiger partial charge in [-0.25, -0.2) is 9.36 Å². The predicted octanol–water partition coefficient (Wildman–Crippen LogP) is 2.11. The number of benzene rings is 1. The van der Waals surface area contributed by atoms with Gasteiger partial charge >= 0.3 is 25.6 Å². The summed E-state index contributed by atoms with van der Waals surface area (Å²) in [6.07, 6.45) is -7.80. The number of nitrogens with zero attached hydrogens (tertiary/aromatic N) is 1. The lowest BCUT2D eigenvalue weighted by Gasteiger charge is -2.24. The second-order valence-electron chi connectivity index (χ2n) is 8.11. The fourth-order valence-corrected chi connectivity index (χ4v) is 4.88. The zero-order valence-electron chi connectivity index (χ0n) is 19.9. The number of hydrogen-bond donors (Lipinski definition) is 3. The molecule has 1 aromatic heterocycles. The Hall–Kier alpha value is -3.23. The van der Waals surface area contributed by atoms with Crippen LogP contribution in [-0.2, 0) is 29.5 Å². The van der Waals surface area contributed by atoms with Crippen LogP contribution in [0.15, 0.2) is 58.8 Å². The zero-order valence-corrected chi connectivity index (χ0v) is 20.8. The van der Waals surface area contributed by atoms with E-state index in [2.05, 4.69) is 11.7 Å². The van der Waals surface area contributed by atoms with Gasteiger partial charge in [0.25, 0.3) is 5.56 Å². The quantitative estimate of drug-likeness (QED) is 0.210. The number of hydrogen-bond acceptors (Lipinski definition) is 9. The number of carbonyl (C=O) groups excluding carboxylic acids is 1. The number of nitrogens with one attached hydrogen (secondary N) is 2. The van der Waals surface area contributed by atoms with Gasteiger partial charge in [0.05, 0.1) is 12.7 Å². The number of aliphatic hydroxyl groups is 1. The predicted molar refractivity (Wildman–Crippen MR) is 125 cm³/mol. The summed E-state index contributed by atoms with van der Waals surface area (Å²) in [5.41, 5.74) is -4.44. The molecule has 12 nitrogen and oxygen atoms in total. The molecule has 0 unspecified atom stereocenters. The Kier molecular flexibility index (Phi) is 9.33. The molecule has 1 aliphatic heterocycles. The molecule has 0 radical (unpaired) electrons. The fourth-order valence-electron chi connectivity index (χ4n) is 3.37. The summed E-state index contributed by atoms with van der Waals surface area (Å²) in [5, 5.41) is 12.8.